The van der Waals surface area contributed by atoms with Crippen LogP contribution in [0.25, 0.3) is 10.3 Å². The molecule has 6 nitrogen and oxygen atoms in total. The number of fused-ring (bicyclic) bond motifs is 1. The fourth-order valence-corrected chi connectivity index (χ4v) is 2.71. The smallest absolute Gasteiger partial charge is 0.352 e. The molecule has 0 atom stereocenters. The Balaban J connectivity index is 0.000000168. The first kappa shape index (κ1) is 16.8. The fraction of sp³-hybridized carbons (Fsp3) is 0.250. The van der Waals surface area contributed by atoms with Gasteiger partial charge in [0.2, 0.25) is 0 Å². The van der Waals surface area contributed by atoms with E-state index in [1.54, 1.807) is 23.2 Å². The second kappa shape index (κ2) is 7.15. The zero-order valence-corrected chi connectivity index (χ0v) is 14.0. The number of anilines is 1. The Kier molecular flexibility index (Phi) is 5.23. The highest BCUT2D eigenvalue weighted by Crippen LogP contribution is 2.21. The maximum Gasteiger partial charge on any atom is 0.352 e. The number of benzene rings is 1. The molecule has 7 heteroatoms. The number of ether oxygens (including phenoxy) is 1. The molecule has 0 radical (unpaired) electrons. The molecule has 0 amide bonds. The van der Waals surface area contributed by atoms with Crippen LogP contribution < -0.4 is 10.5 Å². The quantitative estimate of drug-likeness (QED) is 0.717. The highest BCUT2D eigenvalue weighted by atomic mass is 32.1. The lowest BCUT2D eigenvalue weighted by atomic mass is 10.3. The van der Waals surface area contributed by atoms with Gasteiger partial charge in [-0.15, -0.1) is 11.3 Å². The fourth-order valence-electron chi connectivity index (χ4n) is 1.96. The van der Waals surface area contributed by atoms with Crippen molar-refractivity contribution >= 4 is 33.3 Å². The lowest BCUT2D eigenvalue weighted by Gasteiger charge is -2.08. The average molecular weight is 333 g/mol. The van der Waals surface area contributed by atoms with Crippen molar-refractivity contribution in [1.29, 1.82) is 0 Å². The number of hydrogen-bond acceptors (Lipinski definition) is 5. The maximum atomic E-state index is 10.6. The molecule has 0 aliphatic carbocycles. The summed E-state index contributed by atoms with van der Waals surface area (Å²) in [4.78, 5) is 15.6. The molecule has 0 saturated heterocycles. The van der Waals surface area contributed by atoms with Gasteiger partial charge in [-0.25, -0.2) is 9.78 Å². The molecular formula is C16H19N3O3S. The number of nitrogens with zero attached hydrogens (tertiary/aromatic N) is 2. The molecular weight excluding hydrogens is 314 g/mol. The minimum atomic E-state index is -0.914. The normalized spacial score (nSPS) is 10.4. The Bertz CT molecular complexity index is 791. The largest absolute Gasteiger partial charge is 0.491 e. The molecule has 2 heterocycles. The highest BCUT2D eigenvalue weighted by molar-refractivity contribution is 7.16. The topological polar surface area (TPSA) is 90.4 Å². The van der Waals surface area contributed by atoms with Gasteiger partial charge in [0, 0.05) is 12.7 Å². The van der Waals surface area contributed by atoms with E-state index >= 15 is 0 Å². The number of thiazole rings is 1. The van der Waals surface area contributed by atoms with E-state index in [0.29, 0.717) is 0 Å². The molecule has 0 unspecified atom stereocenters. The monoisotopic (exact) mass is 333 g/mol. The first-order chi connectivity index (χ1) is 10.9. The van der Waals surface area contributed by atoms with Crippen LogP contribution in [-0.4, -0.2) is 26.7 Å². The Morgan fingerprint density at radius 2 is 2.00 bits per heavy atom. The summed E-state index contributed by atoms with van der Waals surface area (Å²) in [6, 6.07) is 8.98. The third kappa shape index (κ3) is 4.23. The number of nitrogen functional groups attached to an aromatic ring is 1. The molecule has 23 heavy (non-hydrogen) atoms. The summed E-state index contributed by atoms with van der Waals surface area (Å²) in [7, 11) is 1.73. The molecule has 0 fully saturated rings. The molecule has 0 aliphatic rings. The van der Waals surface area contributed by atoms with Crippen LogP contribution in [0.5, 0.6) is 5.75 Å². The molecule has 3 aromatic rings. The predicted octanol–water partition coefficient (Wildman–Crippen LogP) is 3.39. The maximum absolute atomic E-state index is 10.6. The Hall–Kier alpha value is -2.54. The van der Waals surface area contributed by atoms with Crippen molar-refractivity contribution in [3.8, 4) is 5.75 Å². The Labute approximate surface area is 138 Å². The van der Waals surface area contributed by atoms with Crippen LogP contribution in [0.2, 0.25) is 0 Å². The molecule has 0 spiro atoms. The van der Waals surface area contributed by atoms with Gasteiger partial charge in [-0.1, -0.05) is 0 Å². The first-order valence-corrected chi connectivity index (χ1v) is 7.91. The van der Waals surface area contributed by atoms with Crippen LogP contribution in [-0.2, 0) is 7.05 Å². The number of aryl methyl sites for hydroxylation is 1. The first-order valence-electron chi connectivity index (χ1n) is 7.03. The van der Waals surface area contributed by atoms with Crippen molar-refractivity contribution in [3.05, 3.63) is 41.5 Å². The SMILES string of the molecule is CC(C)Oc1ccc(N)cc1.Cn1c(C(=O)O)cc2ncsc21. The van der Waals surface area contributed by atoms with Gasteiger partial charge in [0.05, 0.1) is 11.6 Å². The van der Waals surface area contributed by atoms with Crippen molar-refractivity contribution in [2.24, 2.45) is 7.05 Å². The number of hydrogen-bond donors (Lipinski definition) is 2. The van der Waals surface area contributed by atoms with Gasteiger partial charge in [0.25, 0.3) is 0 Å². The van der Waals surface area contributed by atoms with Gasteiger partial charge in [-0.05, 0) is 44.2 Å². The Morgan fingerprint density at radius 3 is 2.52 bits per heavy atom. The lowest BCUT2D eigenvalue weighted by Crippen LogP contribution is -2.05. The molecule has 2 aromatic heterocycles. The van der Waals surface area contributed by atoms with Crippen molar-refractivity contribution in [1.82, 2.24) is 9.55 Å². The molecule has 0 bridgehead atoms. The molecule has 122 valence electrons. The summed E-state index contributed by atoms with van der Waals surface area (Å²) >= 11 is 1.44. The van der Waals surface area contributed by atoms with E-state index in [0.717, 1.165) is 21.8 Å². The molecule has 1 aromatic carbocycles. The van der Waals surface area contributed by atoms with Crippen molar-refractivity contribution in [3.63, 3.8) is 0 Å². The highest BCUT2D eigenvalue weighted by Gasteiger charge is 2.12. The van der Waals surface area contributed by atoms with E-state index in [4.69, 9.17) is 15.6 Å². The van der Waals surface area contributed by atoms with E-state index in [1.165, 1.54) is 11.3 Å². The second-order valence-corrected chi connectivity index (χ2v) is 6.01. The van der Waals surface area contributed by atoms with E-state index in [9.17, 15) is 4.79 Å². The van der Waals surface area contributed by atoms with E-state index in [2.05, 4.69) is 4.98 Å². The van der Waals surface area contributed by atoms with Gasteiger partial charge in [0.1, 0.15) is 21.8 Å². The van der Waals surface area contributed by atoms with E-state index in [-0.39, 0.29) is 11.8 Å². The summed E-state index contributed by atoms with van der Waals surface area (Å²) in [6.07, 6.45) is 0.221. The summed E-state index contributed by atoms with van der Waals surface area (Å²) in [5, 5.41) is 8.74. The Morgan fingerprint density at radius 1 is 1.35 bits per heavy atom. The van der Waals surface area contributed by atoms with Crippen molar-refractivity contribution < 1.29 is 14.6 Å². The van der Waals surface area contributed by atoms with E-state index in [1.807, 2.05) is 38.1 Å². The van der Waals surface area contributed by atoms with Crippen LogP contribution in [0.3, 0.4) is 0 Å². The van der Waals surface area contributed by atoms with Gasteiger partial charge >= 0.3 is 5.97 Å². The molecule has 3 N–H and O–H groups in total. The summed E-state index contributed by atoms with van der Waals surface area (Å²) in [5.74, 6) is -0.0445. The second-order valence-electron chi connectivity index (χ2n) is 5.17. The zero-order valence-electron chi connectivity index (χ0n) is 13.2. The summed E-state index contributed by atoms with van der Waals surface area (Å²) < 4.78 is 7.05. The van der Waals surface area contributed by atoms with E-state index < -0.39 is 5.97 Å². The third-order valence-electron chi connectivity index (χ3n) is 2.99. The number of aromatic carboxylic acids is 1. The average Bonchev–Trinajstić information content (AvgIpc) is 3.05. The van der Waals surface area contributed by atoms with Crippen molar-refractivity contribution in [2.45, 2.75) is 20.0 Å². The number of aromatic nitrogens is 2. The number of carbonyl (C=O) groups is 1. The van der Waals surface area contributed by atoms with Crippen molar-refractivity contribution in [2.75, 3.05) is 5.73 Å². The minimum absolute atomic E-state index is 0.221. The van der Waals surface area contributed by atoms with Gasteiger partial charge < -0.3 is 20.1 Å². The summed E-state index contributed by atoms with van der Waals surface area (Å²) in [5.41, 5.74) is 9.00. The van der Waals surface area contributed by atoms with Gasteiger partial charge in [0.15, 0.2) is 0 Å². The van der Waals surface area contributed by atoms with Crippen LogP contribution in [0.1, 0.15) is 24.3 Å². The van der Waals surface area contributed by atoms with Crippen LogP contribution in [0.15, 0.2) is 35.8 Å². The standard InChI is InChI=1S/C9H13NO.C7H6N2O2S/c1-7(2)11-9-5-3-8(10)4-6-9;1-9-5(7(10)11)2-4-6(9)12-3-8-4/h3-7H,10H2,1-2H3;2-3H,1H3,(H,10,11). The predicted molar refractivity (Wildman–Crippen MR) is 92.2 cm³/mol. The summed E-state index contributed by atoms with van der Waals surface area (Å²) in [6.45, 7) is 3.99. The molecule has 3 rings (SSSR count). The number of carboxylic acids is 1. The van der Waals surface area contributed by atoms with Gasteiger partial charge in [-0.3, -0.25) is 0 Å². The number of rotatable bonds is 3. The van der Waals surface area contributed by atoms with Crippen LogP contribution in [0.4, 0.5) is 5.69 Å². The van der Waals surface area contributed by atoms with Crippen LogP contribution in [0, 0.1) is 0 Å². The molecule has 0 aliphatic heterocycles. The lowest BCUT2D eigenvalue weighted by molar-refractivity contribution is 0.0687. The number of nitrogens with two attached hydrogens (primary N) is 1. The van der Waals surface area contributed by atoms with Crippen LogP contribution >= 0.6 is 11.3 Å². The third-order valence-corrected chi connectivity index (χ3v) is 3.90. The zero-order chi connectivity index (χ0) is 17.0. The number of carboxylic acid groups (broad SMARTS) is 1. The minimum Gasteiger partial charge on any atom is -0.491 e. The molecule has 0 saturated carbocycles. The van der Waals surface area contributed by atoms with Gasteiger partial charge in [-0.2, -0.15) is 0 Å².